The Morgan fingerprint density at radius 2 is 2.00 bits per heavy atom. The van der Waals surface area contributed by atoms with Gasteiger partial charge in [0.05, 0.1) is 11.3 Å². The maximum atomic E-state index is 13.5. The van der Waals surface area contributed by atoms with Crippen molar-refractivity contribution >= 4 is 23.0 Å². The summed E-state index contributed by atoms with van der Waals surface area (Å²) in [6.45, 7) is 3.37. The van der Waals surface area contributed by atoms with Gasteiger partial charge in [-0.1, -0.05) is 0 Å². The highest BCUT2D eigenvalue weighted by Gasteiger charge is 2.15. The van der Waals surface area contributed by atoms with Crippen molar-refractivity contribution in [3.8, 4) is 0 Å². The zero-order valence-corrected chi connectivity index (χ0v) is 9.61. The maximum absolute atomic E-state index is 13.5. The summed E-state index contributed by atoms with van der Waals surface area (Å²) in [6, 6.07) is 2.06. The van der Waals surface area contributed by atoms with Gasteiger partial charge >= 0.3 is 0 Å². The number of anilines is 1. The quantitative estimate of drug-likeness (QED) is 0.829. The second kappa shape index (κ2) is 5.16. The van der Waals surface area contributed by atoms with Crippen molar-refractivity contribution in [2.24, 2.45) is 0 Å². The van der Waals surface area contributed by atoms with Gasteiger partial charge < -0.3 is 4.72 Å². The Bertz CT molecular complexity index is 435. The zero-order valence-electron chi connectivity index (χ0n) is 8.79. The van der Waals surface area contributed by atoms with Gasteiger partial charge in [0, 0.05) is 5.25 Å². The number of halogens is 2. The van der Waals surface area contributed by atoms with Crippen molar-refractivity contribution in [2.75, 3.05) is 4.72 Å². The summed E-state index contributed by atoms with van der Waals surface area (Å²) >= 11 is 0. The molecule has 0 aliphatic heterocycles. The lowest BCUT2D eigenvalue weighted by Crippen LogP contribution is -2.16. The van der Waals surface area contributed by atoms with Crippen LogP contribution in [0.2, 0.25) is 0 Å². The largest absolute Gasteiger partial charge is 0.302 e. The van der Waals surface area contributed by atoms with Gasteiger partial charge in [0.15, 0.2) is 12.1 Å². The molecule has 0 aromatic heterocycles. The van der Waals surface area contributed by atoms with Crippen LogP contribution in [0.15, 0.2) is 12.1 Å². The summed E-state index contributed by atoms with van der Waals surface area (Å²) in [4.78, 5) is 10.4. The van der Waals surface area contributed by atoms with Crippen molar-refractivity contribution in [1.29, 1.82) is 0 Å². The zero-order chi connectivity index (χ0) is 12.3. The molecule has 0 saturated carbocycles. The minimum Gasteiger partial charge on any atom is -0.302 e. The maximum Gasteiger partial charge on any atom is 0.160 e. The van der Waals surface area contributed by atoms with E-state index in [1.165, 1.54) is 0 Å². The van der Waals surface area contributed by atoms with E-state index in [0.29, 0.717) is 0 Å². The van der Waals surface area contributed by atoms with Gasteiger partial charge in [-0.15, -0.1) is 0 Å². The molecule has 0 heterocycles. The van der Waals surface area contributed by atoms with E-state index in [2.05, 4.69) is 4.72 Å². The second-order valence-electron chi connectivity index (χ2n) is 3.39. The van der Waals surface area contributed by atoms with Gasteiger partial charge in [-0.25, -0.2) is 13.0 Å². The topological polar surface area (TPSA) is 46.2 Å². The molecule has 0 radical (unpaired) electrons. The van der Waals surface area contributed by atoms with Crippen LogP contribution >= 0.6 is 0 Å². The van der Waals surface area contributed by atoms with Crippen LogP contribution in [0.3, 0.4) is 0 Å². The van der Waals surface area contributed by atoms with Gasteiger partial charge in [-0.2, -0.15) is 0 Å². The SMILES string of the molecule is CC(C)S(=O)Nc1ccc(F)c(C=O)c1F. The first kappa shape index (κ1) is 12.8. The Hall–Kier alpha value is -1.30. The lowest BCUT2D eigenvalue weighted by Gasteiger charge is -2.10. The van der Waals surface area contributed by atoms with Gasteiger partial charge in [0.25, 0.3) is 0 Å². The molecular weight excluding hydrogens is 236 g/mol. The lowest BCUT2D eigenvalue weighted by molar-refractivity contribution is 0.111. The first-order chi connectivity index (χ1) is 7.47. The molecule has 1 aromatic carbocycles. The molecule has 0 aliphatic carbocycles. The monoisotopic (exact) mass is 247 g/mol. The molecule has 0 saturated heterocycles. The molecule has 1 N–H and O–H groups in total. The van der Waals surface area contributed by atoms with Crippen LogP contribution in [0.4, 0.5) is 14.5 Å². The van der Waals surface area contributed by atoms with Crippen LogP contribution < -0.4 is 4.72 Å². The Balaban J connectivity index is 3.07. The van der Waals surface area contributed by atoms with Crippen LogP contribution in [0.1, 0.15) is 24.2 Å². The average molecular weight is 247 g/mol. The molecule has 1 unspecified atom stereocenters. The Morgan fingerprint density at radius 1 is 1.38 bits per heavy atom. The average Bonchev–Trinajstić information content (AvgIpc) is 2.22. The van der Waals surface area contributed by atoms with E-state index in [1.54, 1.807) is 13.8 Å². The summed E-state index contributed by atoms with van der Waals surface area (Å²) < 4.78 is 40.2. The molecule has 16 heavy (non-hydrogen) atoms. The van der Waals surface area contributed by atoms with Crippen molar-refractivity contribution in [1.82, 2.24) is 0 Å². The van der Waals surface area contributed by atoms with Gasteiger partial charge in [0.1, 0.15) is 16.8 Å². The normalized spacial score (nSPS) is 12.6. The summed E-state index contributed by atoms with van der Waals surface area (Å²) in [7, 11) is -1.48. The van der Waals surface area contributed by atoms with Crippen LogP contribution in [-0.4, -0.2) is 15.7 Å². The fraction of sp³-hybridized carbons (Fsp3) is 0.300. The van der Waals surface area contributed by atoms with Gasteiger partial charge in [-0.05, 0) is 26.0 Å². The van der Waals surface area contributed by atoms with Crippen LogP contribution in [0.25, 0.3) is 0 Å². The summed E-state index contributed by atoms with van der Waals surface area (Å²) in [6.07, 6.45) is 0.0914. The third-order valence-electron chi connectivity index (χ3n) is 1.88. The summed E-state index contributed by atoms with van der Waals surface area (Å²) in [5.41, 5.74) is -0.804. The van der Waals surface area contributed by atoms with Crippen LogP contribution in [0.5, 0.6) is 0 Å². The van der Waals surface area contributed by atoms with E-state index >= 15 is 0 Å². The number of hydrogen-bond donors (Lipinski definition) is 1. The Kier molecular flexibility index (Phi) is 4.12. The van der Waals surface area contributed by atoms with E-state index in [1.807, 2.05) is 0 Å². The van der Waals surface area contributed by atoms with E-state index in [4.69, 9.17) is 0 Å². The molecular formula is C10H11F2NO2S. The highest BCUT2D eigenvalue weighted by Crippen LogP contribution is 2.20. The van der Waals surface area contributed by atoms with Gasteiger partial charge in [0.2, 0.25) is 0 Å². The predicted molar refractivity (Wildman–Crippen MR) is 58.6 cm³/mol. The number of aldehydes is 1. The molecule has 0 amide bonds. The molecule has 1 aromatic rings. The summed E-state index contributed by atoms with van der Waals surface area (Å²) in [5.74, 6) is -1.96. The first-order valence-electron chi connectivity index (χ1n) is 4.57. The molecule has 0 aliphatic rings. The number of carbonyl (C=O) groups is 1. The smallest absolute Gasteiger partial charge is 0.160 e. The van der Waals surface area contributed by atoms with Crippen molar-refractivity contribution < 1.29 is 17.8 Å². The van der Waals surface area contributed by atoms with Crippen molar-refractivity contribution in [3.63, 3.8) is 0 Å². The van der Waals surface area contributed by atoms with E-state index in [-0.39, 0.29) is 17.2 Å². The fourth-order valence-electron chi connectivity index (χ4n) is 0.982. The number of hydrogen-bond acceptors (Lipinski definition) is 2. The lowest BCUT2D eigenvalue weighted by atomic mass is 10.2. The second-order valence-corrected chi connectivity index (χ2v) is 5.13. The van der Waals surface area contributed by atoms with Crippen molar-refractivity contribution in [2.45, 2.75) is 19.1 Å². The molecule has 0 fully saturated rings. The van der Waals surface area contributed by atoms with E-state index < -0.39 is 28.2 Å². The number of benzene rings is 1. The first-order valence-corrected chi connectivity index (χ1v) is 5.79. The molecule has 1 rings (SSSR count). The third-order valence-corrected chi connectivity index (χ3v) is 3.16. The highest BCUT2D eigenvalue weighted by atomic mass is 32.2. The molecule has 3 nitrogen and oxygen atoms in total. The minimum atomic E-state index is -1.48. The number of nitrogens with one attached hydrogen (secondary N) is 1. The predicted octanol–water partition coefficient (Wildman–Crippen LogP) is 2.26. The third kappa shape index (κ3) is 2.63. The molecule has 1 atom stereocenters. The van der Waals surface area contributed by atoms with Crippen molar-refractivity contribution in [3.05, 3.63) is 29.3 Å². The molecule has 0 bridgehead atoms. The van der Waals surface area contributed by atoms with Gasteiger partial charge in [-0.3, -0.25) is 4.79 Å². The number of carbonyl (C=O) groups excluding carboxylic acids is 1. The molecule has 0 spiro atoms. The standard InChI is InChI=1S/C10H11F2NO2S/c1-6(2)16(15)13-9-4-3-8(11)7(5-14)10(9)12/h3-6,13H,1-2H3. The Labute approximate surface area is 94.4 Å². The number of rotatable bonds is 4. The summed E-state index contributed by atoms with van der Waals surface area (Å²) in [5, 5.41) is -0.218. The molecule has 6 heteroatoms. The minimum absolute atomic E-state index is 0.0914. The van der Waals surface area contributed by atoms with E-state index in [9.17, 15) is 17.8 Å². The van der Waals surface area contributed by atoms with E-state index in [0.717, 1.165) is 12.1 Å². The fourth-order valence-corrected chi connectivity index (χ4v) is 1.59. The molecule has 88 valence electrons. The highest BCUT2D eigenvalue weighted by molar-refractivity contribution is 7.86. The van der Waals surface area contributed by atoms with Crippen LogP contribution in [0, 0.1) is 11.6 Å². The Morgan fingerprint density at radius 3 is 2.50 bits per heavy atom. The van der Waals surface area contributed by atoms with Crippen LogP contribution in [-0.2, 0) is 11.0 Å².